The quantitative estimate of drug-likeness (QED) is 0.942. The maximum atomic E-state index is 12.6. The lowest BCUT2D eigenvalue weighted by Gasteiger charge is -2.22. The standard InChI is InChI=1S/C17H18N2O2S/c1-12(18-16(20)11-14-6-4-10-22-14)17(21)19-9-8-13-5-2-3-7-15(13)19/h2-7,10,12H,8-9,11H2,1H3,(H,18,20)/t12-/m0/s1. The Bertz CT molecular complexity index is 682. The minimum absolute atomic E-state index is 0.0514. The average Bonchev–Trinajstić information content (AvgIpc) is 3.15. The summed E-state index contributed by atoms with van der Waals surface area (Å²) in [5.74, 6) is -0.166. The van der Waals surface area contributed by atoms with Crippen LogP contribution in [0.5, 0.6) is 0 Å². The molecule has 0 aliphatic carbocycles. The lowest BCUT2D eigenvalue weighted by molar-refractivity contribution is -0.126. The number of benzene rings is 1. The van der Waals surface area contributed by atoms with Crippen LogP contribution in [0.2, 0.25) is 0 Å². The van der Waals surface area contributed by atoms with Crippen molar-refractivity contribution in [1.29, 1.82) is 0 Å². The Balaban J connectivity index is 1.62. The van der Waals surface area contributed by atoms with E-state index in [1.54, 1.807) is 23.2 Å². The first-order valence-corrected chi connectivity index (χ1v) is 8.24. The molecule has 2 heterocycles. The summed E-state index contributed by atoms with van der Waals surface area (Å²) in [5.41, 5.74) is 2.15. The molecular weight excluding hydrogens is 296 g/mol. The van der Waals surface area contributed by atoms with Crippen LogP contribution in [0.4, 0.5) is 5.69 Å². The summed E-state index contributed by atoms with van der Waals surface area (Å²) in [6.45, 7) is 2.43. The number of anilines is 1. The minimum Gasteiger partial charge on any atom is -0.344 e. The molecule has 1 aromatic carbocycles. The number of carbonyl (C=O) groups excluding carboxylic acids is 2. The Kier molecular flexibility index (Phi) is 4.24. The van der Waals surface area contributed by atoms with Crippen LogP contribution >= 0.6 is 11.3 Å². The summed E-state index contributed by atoms with van der Waals surface area (Å²) in [4.78, 5) is 27.3. The van der Waals surface area contributed by atoms with Gasteiger partial charge in [0.05, 0.1) is 6.42 Å². The van der Waals surface area contributed by atoms with E-state index in [4.69, 9.17) is 0 Å². The Hall–Kier alpha value is -2.14. The third-order valence-electron chi connectivity index (χ3n) is 3.82. The summed E-state index contributed by atoms with van der Waals surface area (Å²) in [6.07, 6.45) is 1.20. The van der Waals surface area contributed by atoms with Crippen LogP contribution in [0, 0.1) is 0 Å². The topological polar surface area (TPSA) is 49.4 Å². The van der Waals surface area contributed by atoms with E-state index in [-0.39, 0.29) is 11.8 Å². The first-order chi connectivity index (χ1) is 10.6. The Morgan fingerprint density at radius 3 is 2.86 bits per heavy atom. The number of thiophene rings is 1. The molecule has 3 rings (SSSR count). The summed E-state index contributed by atoms with van der Waals surface area (Å²) >= 11 is 1.55. The van der Waals surface area contributed by atoms with Crippen LogP contribution in [-0.2, 0) is 22.4 Å². The van der Waals surface area contributed by atoms with E-state index in [2.05, 4.69) is 5.32 Å². The molecule has 2 aromatic rings. The van der Waals surface area contributed by atoms with Gasteiger partial charge in [0.25, 0.3) is 0 Å². The van der Waals surface area contributed by atoms with Crippen molar-refractivity contribution >= 4 is 28.8 Å². The first-order valence-electron chi connectivity index (χ1n) is 7.36. The van der Waals surface area contributed by atoms with Gasteiger partial charge in [-0.3, -0.25) is 9.59 Å². The number of rotatable bonds is 4. The van der Waals surface area contributed by atoms with E-state index in [1.165, 1.54) is 5.56 Å². The van der Waals surface area contributed by atoms with Gasteiger partial charge in [-0.1, -0.05) is 24.3 Å². The largest absolute Gasteiger partial charge is 0.344 e. The highest BCUT2D eigenvalue weighted by Crippen LogP contribution is 2.27. The van der Waals surface area contributed by atoms with Crippen molar-refractivity contribution < 1.29 is 9.59 Å². The number of amides is 2. The van der Waals surface area contributed by atoms with E-state index >= 15 is 0 Å². The molecular formula is C17H18N2O2S. The average molecular weight is 314 g/mol. The van der Waals surface area contributed by atoms with Crippen molar-refractivity contribution in [1.82, 2.24) is 5.32 Å². The van der Waals surface area contributed by atoms with Crippen molar-refractivity contribution in [2.24, 2.45) is 0 Å². The number of nitrogens with one attached hydrogen (secondary N) is 1. The first kappa shape index (κ1) is 14.8. The highest BCUT2D eigenvalue weighted by Gasteiger charge is 2.28. The van der Waals surface area contributed by atoms with Crippen LogP contribution < -0.4 is 10.2 Å². The molecule has 1 aliphatic rings. The molecule has 1 aromatic heterocycles. The summed E-state index contributed by atoms with van der Waals surface area (Å²) in [6, 6.07) is 11.3. The van der Waals surface area contributed by atoms with Gasteiger partial charge in [0.1, 0.15) is 6.04 Å². The molecule has 0 bridgehead atoms. The van der Waals surface area contributed by atoms with Crippen LogP contribution in [0.3, 0.4) is 0 Å². The van der Waals surface area contributed by atoms with E-state index < -0.39 is 6.04 Å². The normalized spacial score (nSPS) is 14.5. The van der Waals surface area contributed by atoms with E-state index in [0.29, 0.717) is 13.0 Å². The zero-order valence-corrected chi connectivity index (χ0v) is 13.2. The number of hydrogen-bond acceptors (Lipinski definition) is 3. The predicted molar refractivity (Wildman–Crippen MR) is 88.1 cm³/mol. The molecule has 0 saturated heterocycles. The Morgan fingerprint density at radius 2 is 2.09 bits per heavy atom. The van der Waals surface area contributed by atoms with Crippen molar-refractivity contribution in [3.8, 4) is 0 Å². The van der Waals surface area contributed by atoms with E-state index in [1.807, 2.05) is 41.8 Å². The molecule has 4 nitrogen and oxygen atoms in total. The highest BCUT2D eigenvalue weighted by atomic mass is 32.1. The van der Waals surface area contributed by atoms with Crippen LogP contribution in [0.15, 0.2) is 41.8 Å². The Morgan fingerprint density at radius 1 is 1.27 bits per heavy atom. The van der Waals surface area contributed by atoms with Gasteiger partial charge < -0.3 is 10.2 Å². The molecule has 1 atom stereocenters. The second-order valence-corrected chi connectivity index (χ2v) is 6.45. The summed E-state index contributed by atoms with van der Waals surface area (Å²) < 4.78 is 0. The molecule has 22 heavy (non-hydrogen) atoms. The molecule has 2 amide bonds. The van der Waals surface area contributed by atoms with Gasteiger partial charge in [-0.05, 0) is 36.4 Å². The fourth-order valence-corrected chi connectivity index (χ4v) is 3.43. The number of hydrogen-bond donors (Lipinski definition) is 1. The van der Waals surface area contributed by atoms with Crippen molar-refractivity contribution in [3.05, 3.63) is 52.2 Å². The van der Waals surface area contributed by atoms with Crippen LogP contribution in [0.1, 0.15) is 17.4 Å². The second-order valence-electron chi connectivity index (χ2n) is 5.41. The lowest BCUT2D eigenvalue weighted by atomic mass is 10.2. The van der Waals surface area contributed by atoms with Crippen molar-refractivity contribution in [2.75, 3.05) is 11.4 Å². The lowest BCUT2D eigenvalue weighted by Crippen LogP contribution is -2.47. The number of nitrogens with zero attached hydrogens (tertiary/aromatic N) is 1. The monoisotopic (exact) mass is 314 g/mol. The van der Waals surface area contributed by atoms with Crippen LogP contribution in [0.25, 0.3) is 0 Å². The molecule has 0 unspecified atom stereocenters. The highest BCUT2D eigenvalue weighted by molar-refractivity contribution is 7.10. The zero-order valence-electron chi connectivity index (χ0n) is 12.4. The molecule has 114 valence electrons. The fraction of sp³-hybridized carbons (Fsp3) is 0.294. The van der Waals surface area contributed by atoms with Gasteiger partial charge in [-0.15, -0.1) is 11.3 Å². The third-order valence-corrected chi connectivity index (χ3v) is 4.69. The van der Waals surface area contributed by atoms with Gasteiger partial charge in [0.15, 0.2) is 0 Å². The molecule has 0 fully saturated rings. The molecule has 1 aliphatic heterocycles. The predicted octanol–water partition coefficient (Wildman–Crippen LogP) is 2.38. The smallest absolute Gasteiger partial charge is 0.249 e. The SMILES string of the molecule is C[C@H](NC(=O)Cc1cccs1)C(=O)N1CCc2ccccc21. The van der Waals surface area contributed by atoms with Crippen LogP contribution in [-0.4, -0.2) is 24.4 Å². The van der Waals surface area contributed by atoms with Gasteiger partial charge in [-0.25, -0.2) is 0 Å². The molecule has 0 spiro atoms. The molecule has 0 radical (unpaired) electrons. The zero-order chi connectivity index (χ0) is 15.5. The maximum absolute atomic E-state index is 12.6. The van der Waals surface area contributed by atoms with Gasteiger partial charge in [0, 0.05) is 17.1 Å². The van der Waals surface area contributed by atoms with Gasteiger partial charge in [0.2, 0.25) is 11.8 Å². The second kappa shape index (κ2) is 6.32. The van der Waals surface area contributed by atoms with Crippen molar-refractivity contribution in [2.45, 2.75) is 25.8 Å². The van der Waals surface area contributed by atoms with Gasteiger partial charge in [-0.2, -0.15) is 0 Å². The molecule has 5 heteroatoms. The molecule has 0 saturated carbocycles. The third kappa shape index (κ3) is 3.04. The van der Waals surface area contributed by atoms with E-state index in [9.17, 15) is 9.59 Å². The molecule has 1 N–H and O–H groups in total. The minimum atomic E-state index is -0.515. The van der Waals surface area contributed by atoms with Gasteiger partial charge >= 0.3 is 0 Å². The summed E-state index contributed by atoms with van der Waals surface area (Å²) in [5, 5.41) is 4.74. The van der Waals surface area contributed by atoms with Crippen molar-refractivity contribution in [3.63, 3.8) is 0 Å². The fourth-order valence-electron chi connectivity index (χ4n) is 2.73. The Labute approximate surface area is 133 Å². The maximum Gasteiger partial charge on any atom is 0.249 e. The number of carbonyl (C=O) groups is 2. The van der Waals surface area contributed by atoms with E-state index in [0.717, 1.165) is 17.0 Å². The number of para-hydroxylation sites is 1. The number of fused-ring (bicyclic) bond motifs is 1. The summed E-state index contributed by atoms with van der Waals surface area (Å²) in [7, 11) is 0.